The fraction of sp³-hybridized carbons (Fsp3) is 0.500. The number of rotatable bonds is 2. The summed E-state index contributed by atoms with van der Waals surface area (Å²) in [5.74, 6) is 0. The Bertz CT molecular complexity index is 345. The van der Waals surface area contributed by atoms with Gasteiger partial charge in [0.2, 0.25) is 0 Å². The molecule has 0 aliphatic carbocycles. The molecule has 0 bridgehead atoms. The van der Waals surface area contributed by atoms with Crippen molar-refractivity contribution >= 4 is 0 Å². The second-order valence-corrected chi connectivity index (χ2v) is 3.32. The van der Waals surface area contributed by atoms with Crippen LogP contribution >= 0.6 is 0 Å². The minimum absolute atomic E-state index is 0.266. The fourth-order valence-electron chi connectivity index (χ4n) is 1.48. The van der Waals surface area contributed by atoms with Crippen LogP contribution in [0.2, 0.25) is 0 Å². The van der Waals surface area contributed by atoms with Gasteiger partial charge in [-0.1, -0.05) is 0 Å². The minimum Gasteiger partial charge on any atom is -0.334 e. The van der Waals surface area contributed by atoms with Gasteiger partial charge in [-0.2, -0.15) is 5.26 Å². The van der Waals surface area contributed by atoms with E-state index in [4.69, 9.17) is 5.26 Å². The summed E-state index contributed by atoms with van der Waals surface area (Å²) in [4.78, 5) is 0. The number of hydrogen-bond donors (Lipinski definition) is 0. The highest BCUT2D eigenvalue weighted by Crippen LogP contribution is 2.14. The van der Waals surface area contributed by atoms with E-state index in [-0.39, 0.29) is 6.54 Å². The van der Waals surface area contributed by atoms with Gasteiger partial charge in [-0.05, 0) is 32.4 Å². The molecule has 13 heavy (non-hydrogen) atoms. The third-order valence-electron chi connectivity index (χ3n) is 2.03. The zero-order valence-electron chi connectivity index (χ0n) is 8.13. The van der Waals surface area contributed by atoms with Gasteiger partial charge in [-0.3, -0.25) is 0 Å². The van der Waals surface area contributed by atoms with E-state index < -0.39 is 6.17 Å². The normalized spacial score (nSPS) is 12.5. The highest BCUT2D eigenvalue weighted by atomic mass is 19.1. The Kier molecular flexibility index (Phi) is 2.72. The summed E-state index contributed by atoms with van der Waals surface area (Å²) in [6, 6.07) is 3.99. The lowest BCUT2D eigenvalue weighted by Crippen LogP contribution is -2.10. The molecule has 0 spiro atoms. The number of aromatic nitrogens is 1. The fourth-order valence-corrected chi connectivity index (χ4v) is 1.48. The smallest absolute Gasteiger partial charge is 0.123 e. The molecule has 0 N–H and O–H groups in total. The number of aryl methyl sites for hydroxylation is 2. The topological polar surface area (TPSA) is 28.7 Å². The monoisotopic (exact) mass is 180 g/mol. The molecule has 1 heterocycles. The summed E-state index contributed by atoms with van der Waals surface area (Å²) < 4.78 is 14.5. The van der Waals surface area contributed by atoms with E-state index in [0.29, 0.717) is 5.69 Å². The number of nitrogens with zero attached hydrogens (tertiary/aromatic N) is 2. The van der Waals surface area contributed by atoms with Gasteiger partial charge in [0.1, 0.15) is 17.9 Å². The van der Waals surface area contributed by atoms with Crippen molar-refractivity contribution in [2.24, 2.45) is 0 Å². The molecule has 2 nitrogen and oxygen atoms in total. The van der Waals surface area contributed by atoms with Gasteiger partial charge in [-0.25, -0.2) is 4.39 Å². The van der Waals surface area contributed by atoms with E-state index in [1.165, 1.54) is 6.92 Å². The molecular formula is C10H13FN2. The van der Waals surface area contributed by atoms with Gasteiger partial charge in [0.05, 0.1) is 6.54 Å². The van der Waals surface area contributed by atoms with Crippen molar-refractivity contribution in [2.45, 2.75) is 33.5 Å². The maximum atomic E-state index is 12.8. The van der Waals surface area contributed by atoms with E-state index in [1.54, 1.807) is 4.57 Å². The zero-order valence-corrected chi connectivity index (χ0v) is 8.13. The van der Waals surface area contributed by atoms with Crippen molar-refractivity contribution in [1.29, 1.82) is 5.26 Å². The molecule has 0 radical (unpaired) electrons. The standard InChI is InChI=1S/C10H13FN2/c1-7-4-9(3)13(6-8(2)11)10(7)5-12/h4,8H,6H2,1-3H3. The molecule has 1 aromatic heterocycles. The van der Waals surface area contributed by atoms with Crippen LogP contribution in [0.15, 0.2) is 6.07 Å². The average molecular weight is 180 g/mol. The van der Waals surface area contributed by atoms with Crippen molar-refractivity contribution in [3.63, 3.8) is 0 Å². The van der Waals surface area contributed by atoms with E-state index in [9.17, 15) is 4.39 Å². The van der Waals surface area contributed by atoms with Crippen LogP contribution in [0.4, 0.5) is 4.39 Å². The van der Waals surface area contributed by atoms with Crippen LogP contribution in [0, 0.1) is 25.2 Å². The lowest BCUT2D eigenvalue weighted by Gasteiger charge is -2.08. The molecule has 1 rings (SSSR count). The van der Waals surface area contributed by atoms with Gasteiger partial charge in [0, 0.05) is 5.69 Å². The Labute approximate surface area is 77.6 Å². The first kappa shape index (κ1) is 9.79. The van der Waals surface area contributed by atoms with Crippen LogP contribution in [0.3, 0.4) is 0 Å². The van der Waals surface area contributed by atoms with E-state index in [1.807, 2.05) is 19.9 Å². The lowest BCUT2D eigenvalue weighted by molar-refractivity contribution is 0.318. The third-order valence-corrected chi connectivity index (χ3v) is 2.03. The molecule has 1 atom stereocenters. The van der Waals surface area contributed by atoms with Gasteiger partial charge in [0.25, 0.3) is 0 Å². The first-order chi connectivity index (χ1) is 6.06. The Morgan fingerprint density at radius 1 is 1.62 bits per heavy atom. The molecule has 70 valence electrons. The summed E-state index contributed by atoms with van der Waals surface area (Å²) in [5.41, 5.74) is 2.43. The molecule has 3 heteroatoms. The lowest BCUT2D eigenvalue weighted by atomic mass is 10.3. The number of halogens is 1. The quantitative estimate of drug-likeness (QED) is 0.686. The second-order valence-electron chi connectivity index (χ2n) is 3.32. The second kappa shape index (κ2) is 3.61. The highest BCUT2D eigenvalue weighted by Gasteiger charge is 2.10. The first-order valence-electron chi connectivity index (χ1n) is 4.27. The summed E-state index contributed by atoms with van der Waals surface area (Å²) >= 11 is 0. The van der Waals surface area contributed by atoms with E-state index in [0.717, 1.165) is 11.3 Å². The van der Waals surface area contributed by atoms with Gasteiger partial charge >= 0.3 is 0 Å². The van der Waals surface area contributed by atoms with Crippen LogP contribution in [0.5, 0.6) is 0 Å². The Balaban J connectivity index is 3.12. The van der Waals surface area contributed by atoms with Crippen molar-refractivity contribution in [1.82, 2.24) is 4.57 Å². The van der Waals surface area contributed by atoms with Crippen LogP contribution in [-0.4, -0.2) is 10.7 Å². The van der Waals surface area contributed by atoms with Crippen LogP contribution in [0.25, 0.3) is 0 Å². The molecule has 1 aromatic rings. The summed E-state index contributed by atoms with van der Waals surface area (Å²) in [6.45, 7) is 5.51. The third kappa shape index (κ3) is 1.89. The van der Waals surface area contributed by atoms with Crippen molar-refractivity contribution in [3.05, 3.63) is 23.0 Å². The molecule has 0 aliphatic heterocycles. The Morgan fingerprint density at radius 2 is 2.23 bits per heavy atom. The maximum Gasteiger partial charge on any atom is 0.123 e. The average Bonchev–Trinajstić information content (AvgIpc) is 2.26. The predicted molar refractivity (Wildman–Crippen MR) is 49.2 cm³/mol. The molecule has 0 saturated carbocycles. The molecule has 0 saturated heterocycles. The Hall–Kier alpha value is -1.30. The molecule has 0 aromatic carbocycles. The van der Waals surface area contributed by atoms with Crippen LogP contribution in [0.1, 0.15) is 23.9 Å². The van der Waals surface area contributed by atoms with Crippen molar-refractivity contribution in [3.8, 4) is 6.07 Å². The number of alkyl halides is 1. The minimum atomic E-state index is -0.919. The van der Waals surface area contributed by atoms with Gasteiger partial charge in [-0.15, -0.1) is 0 Å². The number of nitriles is 1. The molecule has 0 aliphatic rings. The largest absolute Gasteiger partial charge is 0.334 e. The summed E-state index contributed by atoms with van der Waals surface area (Å²) in [6.07, 6.45) is -0.919. The first-order valence-corrected chi connectivity index (χ1v) is 4.27. The van der Waals surface area contributed by atoms with Crippen LogP contribution < -0.4 is 0 Å². The maximum absolute atomic E-state index is 12.8. The summed E-state index contributed by atoms with van der Waals surface area (Å²) in [5, 5.41) is 8.83. The summed E-state index contributed by atoms with van der Waals surface area (Å²) in [7, 11) is 0. The van der Waals surface area contributed by atoms with Gasteiger partial charge in [0.15, 0.2) is 0 Å². The molecular weight excluding hydrogens is 167 g/mol. The van der Waals surface area contributed by atoms with Crippen LogP contribution in [-0.2, 0) is 6.54 Å². The van der Waals surface area contributed by atoms with Crippen molar-refractivity contribution < 1.29 is 4.39 Å². The SMILES string of the molecule is Cc1cc(C)n(CC(C)F)c1C#N. The molecule has 1 unspecified atom stereocenters. The Morgan fingerprint density at radius 3 is 2.69 bits per heavy atom. The van der Waals surface area contributed by atoms with E-state index in [2.05, 4.69) is 6.07 Å². The highest BCUT2D eigenvalue weighted by molar-refractivity contribution is 5.35. The molecule has 0 amide bonds. The number of hydrogen-bond acceptors (Lipinski definition) is 1. The van der Waals surface area contributed by atoms with Gasteiger partial charge < -0.3 is 4.57 Å². The molecule has 0 fully saturated rings. The zero-order chi connectivity index (χ0) is 10.0. The van der Waals surface area contributed by atoms with E-state index >= 15 is 0 Å². The van der Waals surface area contributed by atoms with Crippen molar-refractivity contribution in [2.75, 3.05) is 0 Å². The predicted octanol–water partition coefficient (Wildman–Crippen LogP) is 2.33.